The summed E-state index contributed by atoms with van der Waals surface area (Å²) in [6.45, 7) is 1.67. The Hall–Kier alpha value is -2.96. The van der Waals surface area contributed by atoms with Crippen molar-refractivity contribution in [3.63, 3.8) is 0 Å². The molecule has 1 aliphatic rings. The van der Waals surface area contributed by atoms with Gasteiger partial charge in [0.1, 0.15) is 0 Å². The van der Waals surface area contributed by atoms with Crippen LogP contribution in [0.2, 0.25) is 0 Å². The summed E-state index contributed by atoms with van der Waals surface area (Å²) in [5, 5.41) is 3.05. The quantitative estimate of drug-likeness (QED) is 0.567. The summed E-state index contributed by atoms with van der Waals surface area (Å²) in [5.74, 6) is -0.416. The molecule has 3 aromatic rings. The predicted molar refractivity (Wildman–Crippen MR) is 126 cm³/mol. The molecule has 0 bridgehead atoms. The highest BCUT2D eigenvalue weighted by Crippen LogP contribution is 2.25. The normalized spacial score (nSPS) is 14.5. The molecule has 166 valence electrons. The smallest absolute Gasteiger partial charge is 0.243 e. The van der Waals surface area contributed by atoms with Crippen molar-refractivity contribution >= 4 is 15.9 Å². The third-order valence-electron chi connectivity index (χ3n) is 5.87. The maximum absolute atomic E-state index is 13.1. The number of nitrogens with zero attached hydrogens (tertiary/aromatic N) is 1. The summed E-state index contributed by atoms with van der Waals surface area (Å²) in [6, 6.07) is 26.5. The first-order valence-electron chi connectivity index (χ1n) is 11.0. The Morgan fingerprint density at radius 3 is 1.88 bits per heavy atom. The largest absolute Gasteiger partial charge is 0.355 e. The van der Waals surface area contributed by atoms with Crippen LogP contribution in [0.4, 0.5) is 0 Å². The van der Waals surface area contributed by atoms with Crippen LogP contribution >= 0.6 is 0 Å². The van der Waals surface area contributed by atoms with E-state index in [4.69, 9.17) is 0 Å². The molecule has 0 atom stereocenters. The van der Waals surface area contributed by atoms with Crippen molar-refractivity contribution in [2.45, 2.75) is 30.1 Å². The second kappa shape index (κ2) is 10.1. The highest BCUT2D eigenvalue weighted by Gasteiger charge is 2.27. The number of sulfonamides is 1. The molecule has 1 heterocycles. The number of carbonyl (C=O) groups excluding carboxylic acids is 1. The molecule has 5 nitrogen and oxygen atoms in total. The van der Waals surface area contributed by atoms with Gasteiger partial charge in [0.25, 0.3) is 0 Å². The summed E-state index contributed by atoms with van der Waals surface area (Å²) in [4.78, 5) is 13.4. The van der Waals surface area contributed by atoms with Gasteiger partial charge in [0.15, 0.2) is 0 Å². The van der Waals surface area contributed by atoms with Crippen LogP contribution in [-0.2, 0) is 21.2 Å². The van der Waals surface area contributed by atoms with Crippen molar-refractivity contribution in [1.82, 2.24) is 9.62 Å². The van der Waals surface area contributed by atoms with Crippen molar-refractivity contribution in [2.24, 2.45) is 0 Å². The molecule has 0 aliphatic carbocycles. The predicted octanol–water partition coefficient (Wildman–Crippen LogP) is 3.96. The molecule has 1 aliphatic heterocycles. The molecule has 0 aromatic heterocycles. The number of nitrogens with one attached hydrogen (secondary N) is 1. The van der Waals surface area contributed by atoms with Crippen molar-refractivity contribution in [3.05, 3.63) is 102 Å². The number of amides is 1. The molecule has 1 N–H and O–H groups in total. The molecule has 1 fully saturated rings. The SMILES string of the molecule is O=C(NCCc1ccc(S(=O)(=O)N2CCCC2)cc1)C(c1ccccc1)c1ccccc1. The van der Waals surface area contributed by atoms with E-state index in [0.29, 0.717) is 31.0 Å². The zero-order valence-electron chi connectivity index (χ0n) is 18.0. The van der Waals surface area contributed by atoms with Crippen molar-refractivity contribution in [1.29, 1.82) is 0 Å². The van der Waals surface area contributed by atoms with E-state index in [1.54, 1.807) is 16.4 Å². The molecule has 0 radical (unpaired) electrons. The Morgan fingerprint density at radius 2 is 1.34 bits per heavy atom. The maximum atomic E-state index is 13.1. The standard InChI is InChI=1S/C26H28N2O3S/c29-26(25(22-9-3-1-4-10-22)23-11-5-2-6-12-23)27-18-17-21-13-15-24(16-14-21)32(30,31)28-19-7-8-20-28/h1-6,9-16,25H,7-8,17-20H2,(H,27,29). The zero-order chi connectivity index (χ0) is 22.4. The second-order valence-electron chi connectivity index (χ2n) is 8.05. The lowest BCUT2D eigenvalue weighted by Gasteiger charge is -2.18. The lowest BCUT2D eigenvalue weighted by atomic mass is 9.90. The van der Waals surface area contributed by atoms with Crippen LogP contribution in [0.5, 0.6) is 0 Å². The van der Waals surface area contributed by atoms with Crippen LogP contribution in [0, 0.1) is 0 Å². The Labute approximate surface area is 190 Å². The molecule has 3 aromatic carbocycles. The van der Waals surface area contributed by atoms with Gasteiger partial charge in [-0.1, -0.05) is 72.8 Å². The lowest BCUT2D eigenvalue weighted by molar-refractivity contribution is -0.121. The fourth-order valence-corrected chi connectivity index (χ4v) is 5.64. The van der Waals surface area contributed by atoms with Crippen LogP contribution in [0.15, 0.2) is 89.8 Å². The number of carbonyl (C=O) groups is 1. The number of rotatable bonds is 8. The van der Waals surface area contributed by atoms with Crippen molar-refractivity contribution < 1.29 is 13.2 Å². The third-order valence-corrected chi connectivity index (χ3v) is 7.78. The second-order valence-corrected chi connectivity index (χ2v) is 9.99. The van der Waals surface area contributed by atoms with Gasteiger partial charge < -0.3 is 5.32 Å². The summed E-state index contributed by atoms with van der Waals surface area (Å²) >= 11 is 0. The highest BCUT2D eigenvalue weighted by molar-refractivity contribution is 7.89. The minimum atomic E-state index is -3.40. The van der Waals surface area contributed by atoms with Gasteiger partial charge in [0, 0.05) is 19.6 Å². The van der Waals surface area contributed by atoms with Crippen LogP contribution < -0.4 is 5.32 Å². The van der Waals surface area contributed by atoms with E-state index < -0.39 is 10.0 Å². The Balaban J connectivity index is 1.39. The first-order chi connectivity index (χ1) is 15.6. The van der Waals surface area contributed by atoms with Crippen LogP contribution in [-0.4, -0.2) is 38.3 Å². The molecule has 6 heteroatoms. The molecule has 0 spiro atoms. The van der Waals surface area contributed by atoms with E-state index in [1.165, 1.54) is 0 Å². The first-order valence-corrected chi connectivity index (χ1v) is 12.5. The minimum Gasteiger partial charge on any atom is -0.355 e. The molecule has 0 unspecified atom stereocenters. The first kappa shape index (κ1) is 22.2. The van der Waals surface area contributed by atoms with Crippen LogP contribution in [0.3, 0.4) is 0 Å². The van der Waals surface area contributed by atoms with Crippen molar-refractivity contribution in [3.8, 4) is 0 Å². The molecule has 4 rings (SSSR count). The summed E-state index contributed by atoms with van der Waals surface area (Å²) < 4.78 is 26.9. The number of hydrogen-bond acceptors (Lipinski definition) is 3. The molecule has 0 saturated carbocycles. The van der Waals surface area contributed by atoms with Crippen LogP contribution in [0.1, 0.15) is 35.4 Å². The van der Waals surface area contributed by atoms with Gasteiger partial charge in [-0.2, -0.15) is 4.31 Å². The number of hydrogen-bond donors (Lipinski definition) is 1. The van der Waals surface area contributed by atoms with E-state index in [0.717, 1.165) is 29.5 Å². The monoisotopic (exact) mass is 448 g/mol. The van der Waals surface area contributed by atoms with Gasteiger partial charge in [-0.3, -0.25) is 4.79 Å². The zero-order valence-corrected chi connectivity index (χ0v) is 18.8. The highest BCUT2D eigenvalue weighted by atomic mass is 32.2. The van der Waals surface area contributed by atoms with Crippen molar-refractivity contribution in [2.75, 3.05) is 19.6 Å². The molecule has 1 amide bonds. The van der Waals surface area contributed by atoms with Gasteiger partial charge in [0.05, 0.1) is 10.8 Å². The average molecular weight is 449 g/mol. The van der Waals surface area contributed by atoms with Gasteiger partial charge in [-0.25, -0.2) is 8.42 Å². The maximum Gasteiger partial charge on any atom is 0.243 e. The van der Waals surface area contributed by atoms with Gasteiger partial charge >= 0.3 is 0 Å². The van der Waals surface area contributed by atoms with E-state index in [2.05, 4.69) is 5.32 Å². The Bertz CT molecular complexity index is 1090. The summed E-state index contributed by atoms with van der Waals surface area (Å²) in [5.41, 5.74) is 2.89. The lowest BCUT2D eigenvalue weighted by Crippen LogP contribution is -2.31. The Morgan fingerprint density at radius 1 is 0.812 bits per heavy atom. The van der Waals surface area contributed by atoms with E-state index in [1.807, 2.05) is 72.8 Å². The van der Waals surface area contributed by atoms with Gasteiger partial charge in [-0.15, -0.1) is 0 Å². The van der Waals surface area contributed by atoms with E-state index in [-0.39, 0.29) is 11.8 Å². The van der Waals surface area contributed by atoms with E-state index in [9.17, 15) is 13.2 Å². The molecular formula is C26H28N2O3S. The van der Waals surface area contributed by atoms with Gasteiger partial charge in [0.2, 0.25) is 15.9 Å². The Kier molecular flexibility index (Phi) is 7.02. The summed E-state index contributed by atoms with van der Waals surface area (Å²) in [7, 11) is -3.40. The topological polar surface area (TPSA) is 66.5 Å². The fourth-order valence-electron chi connectivity index (χ4n) is 4.12. The van der Waals surface area contributed by atoms with Crippen LogP contribution in [0.25, 0.3) is 0 Å². The van der Waals surface area contributed by atoms with Gasteiger partial charge in [-0.05, 0) is 48.1 Å². The van der Waals surface area contributed by atoms with E-state index >= 15 is 0 Å². The average Bonchev–Trinajstić information content (AvgIpc) is 3.37. The molecule has 32 heavy (non-hydrogen) atoms. The number of benzene rings is 3. The molecular weight excluding hydrogens is 420 g/mol. The summed E-state index contributed by atoms with van der Waals surface area (Å²) in [6.07, 6.45) is 2.47. The molecule has 1 saturated heterocycles. The third kappa shape index (κ3) is 5.09. The fraction of sp³-hybridized carbons (Fsp3) is 0.269. The minimum absolute atomic E-state index is 0.0457.